The van der Waals surface area contributed by atoms with Gasteiger partial charge >= 0.3 is 0 Å². The Morgan fingerprint density at radius 2 is 2.30 bits per heavy atom. The number of aliphatic imine (C=N–C) groups is 1. The van der Waals surface area contributed by atoms with Gasteiger partial charge in [0.15, 0.2) is 11.8 Å². The molecule has 0 aromatic carbocycles. The fourth-order valence-electron chi connectivity index (χ4n) is 1.71. The van der Waals surface area contributed by atoms with Crippen molar-refractivity contribution in [3.8, 4) is 0 Å². The largest absolute Gasteiger partial charge is 0.371 e. The van der Waals surface area contributed by atoms with Crippen molar-refractivity contribution in [2.24, 2.45) is 4.99 Å². The number of hydrogen-bond acceptors (Lipinski definition) is 5. The van der Waals surface area contributed by atoms with E-state index in [0.717, 1.165) is 12.5 Å². The molecule has 2 rings (SSSR count). The Kier molecular flexibility index (Phi) is 5.34. The molecule has 20 heavy (non-hydrogen) atoms. The molecule has 0 bridgehead atoms. The quantitative estimate of drug-likeness (QED) is 0.580. The van der Waals surface area contributed by atoms with Gasteiger partial charge in [0, 0.05) is 19.2 Å². The molecule has 1 atom stereocenters. The molecule has 0 radical (unpaired) electrons. The highest BCUT2D eigenvalue weighted by Crippen LogP contribution is 2.18. The van der Waals surface area contributed by atoms with E-state index in [9.17, 15) is 0 Å². The van der Waals surface area contributed by atoms with Crippen molar-refractivity contribution in [2.75, 3.05) is 13.2 Å². The zero-order chi connectivity index (χ0) is 14.4. The first-order valence-corrected chi connectivity index (χ1v) is 7.21. The molecule has 1 aromatic heterocycles. The van der Waals surface area contributed by atoms with Gasteiger partial charge in [0.25, 0.3) is 0 Å². The van der Waals surface area contributed by atoms with Crippen LogP contribution >= 0.6 is 0 Å². The Morgan fingerprint density at radius 1 is 1.50 bits per heavy atom. The predicted molar refractivity (Wildman–Crippen MR) is 75.3 cm³/mol. The number of nitrogens with zero attached hydrogens (tertiary/aromatic N) is 3. The van der Waals surface area contributed by atoms with Crippen molar-refractivity contribution in [3.63, 3.8) is 0 Å². The zero-order valence-corrected chi connectivity index (χ0v) is 12.3. The number of nitrogens with one attached hydrogen (secondary N) is 2. The van der Waals surface area contributed by atoms with Gasteiger partial charge in [-0.15, -0.1) is 0 Å². The minimum absolute atomic E-state index is 0.153. The lowest BCUT2D eigenvalue weighted by atomic mass is 10.4. The van der Waals surface area contributed by atoms with Crippen molar-refractivity contribution in [3.05, 3.63) is 11.7 Å². The Balaban J connectivity index is 1.90. The van der Waals surface area contributed by atoms with Gasteiger partial charge in [-0.25, -0.2) is 4.99 Å². The normalized spacial score (nSPS) is 17.1. The Bertz CT molecular complexity index is 442. The monoisotopic (exact) mass is 281 g/mol. The summed E-state index contributed by atoms with van der Waals surface area (Å²) >= 11 is 0. The van der Waals surface area contributed by atoms with Crippen molar-refractivity contribution < 1.29 is 9.26 Å². The van der Waals surface area contributed by atoms with E-state index in [1.165, 1.54) is 12.8 Å². The fourth-order valence-corrected chi connectivity index (χ4v) is 1.71. The van der Waals surface area contributed by atoms with Crippen LogP contribution in [0.3, 0.4) is 0 Å². The van der Waals surface area contributed by atoms with Crippen LogP contribution in [0.4, 0.5) is 0 Å². The van der Waals surface area contributed by atoms with Crippen LogP contribution in [0.1, 0.15) is 51.4 Å². The van der Waals surface area contributed by atoms with Gasteiger partial charge in [-0.2, -0.15) is 4.98 Å². The SMILES string of the molecule is CCNC(=NCc1nc(C(C)OCC)no1)NC1CC1. The van der Waals surface area contributed by atoms with Crippen molar-refractivity contribution in [2.45, 2.75) is 52.3 Å². The third-order valence-corrected chi connectivity index (χ3v) is 2.90. The molecule has 0 amide bonds. The average Bonchev–Trinajstić information content (AvgIpc) is 3.11. The number of aromatic nitrogens is 2. The van der Waals surface area contributed by atoms with E-state index >= 15 is 0 Å². The number of rotatable bonds is 7. The summed E-state index contributed by atoms with van der Waals surface area (Å²) in [5.41, 5.74) is 0. The van der Waals surface area contributed by atoms with Gasteiger partial charge in [0.1, 0.15) is 12.6 Å². The van der Waals surface area contributed by atoms with E-state index in [4.69, 9.17) is 9.26 Å². The minimum atomic E-state index is -0.153. The van der Waals surface area contributed by atoms with E-state index in [-0.39, 0.29) is 6.10 Å². The highest BCUT2D eigenvalue weighted by molar-refractivity contribution is 5.80. The van der Waals surface area contributed by atoms with Crippen molar-refractivity contribution in [1.82, 2.24) is 20.8 Å². The second kappa shape index (κ2) is 7.23. The highest BCUT2D eigenvalue weighted by Gasteiger charge is 2.22. The average molecular weight is 281 g/mol. The summed E-state index contributed by atoms with van der Waals surface area (Å²) in [4.78, 5) is 8.73. The first kappa shape index (κ1) is 14.8. The molecule has 0 saturated heterocycles. The van der Waals surface area contributed by atoms with Crippen LogP contribution in [-0.4, -0.2) is 35.3 Å². The van der Waals surface area contributed by atoms with Crippen LogP contribution in [0.2, 0.25) is 0 Å². The van der Waals surface area contributed by atoms with Crippen LogP contribution in [0, 0.1) is 0 Å². The predicted octanol–water partition coefficient (Wildman–Crippen LogP) is 1.38. The first-order valence-electron chi connectivity index (χ1n) is 7.21. The van der Waals surface area contributed by atoms with Crippen LogP contribution in [0.15, 0.2) is 9.52 Å². The second-order valence-electron chi connectivity index (χ2n) is 4.76. The smallest absolute Gasteiger partial charge is 0.248 e. The van der Waals surface area contributed by atoms with Crippen molar-refractivity contribution >= 4 is 5.96 Å². The summed E-state index contributed by atoms with van der Waals surface area (Å²) in [6.45, 7) is 7.70. The second-order valence-corrected chi connectivity index (χ2v) is 4.76. The molecule has 1 unspecified atom stereocenters. The summed E-state index contributed by atoms with van der Waals surface area (Å²) in [5, 5.41) is 10.4. The number of ether oxygens (including phenoxy) is 1. The lowest BCUT2D eigenvalue weighted by Crippen LogP contribution is -2.38. The molecule has 112 valence electrons. The van der Waals surface area contributed by atoms with Crippen LogP contribution < -0.4 is 10.6 Å². The van der Waals surface area contributed by atoms with Gasteiger partial charge in [0.2, 0.25) is 5.89 Å². The molecule has 0 aliphatic heterocycles. The molecule has 1 aromatic rings. The third kappa shape index (κ3) is 4.48. The molecule has 1 aliphatic rings. The van der Waals surface area contributed by atoms with E-state index in [1.54, 1.807) is 0 Å². The van der Waals surface area contributed by atoms with Crippen LogP contribution in [0.5, 0.6) is 0 Å². The molecule has 7 heteroatoms. The maximum Gasteiger partial charge on any atom is 0.248 e. The van der Waals surface area contributed by atoms with E-state index < -0.39 is 0 Å². The molecule has 1 heterocycles. The van der Waals surface area contributed by atoms with Gasteiger partial charge in [0.05, 0.1) is 0 Å². The van der Waals surface area contributed by atoms with Crippen molar-refractivity contribution in [1.29, 1.82) is 0 Å². The van der Waals surface area contributed by atoms with Gasteiger partial charge < -0.3 is 19.9 Å². The Hall–Kier alpha value is -1.63. The molecule has 2 N–H and O–H groups in total. The standard InChI is InChI=1S/C13H23N5O2/c1-4-14-13(16-10-6-7-10)15-8-11-17-12(18-20-11)9(3)19-5-2/h9-10H,4-8H2,1-3H3,(H2,14,15,16). The third-order valence-electron chi connectivity index (χ3n) is 2.90. The van der Waals surface area contributed by atoms with Crippen LogP contribution in [0.25, 0.3) is 0 Å². The van der Waals surface area contributed by atoms with Crippen LogP contribution in [-0.2, 0) is 11.3 Å². The maximum atomic E-state index is 5.42. The summed E-state index contributed by atoms with van der Waals surface area (Å²) in [6, 6.07) is 0.559. The molecular formula is C13H23N5O2. The lowest BCUT2D eigenvalue weighted by Gasteiger charge is -2.09. The molecular weight excluding hydrogens is 258 g/mol. The van der Waals surface area contributed by atoms with E-state index in [2.05, 4.69) is 25.8 Å². The Morgan fingerprint density at radius 3 is 2.95 bits per heavy atom. The molecule has 1 fully saturated rings. The Labute approximate surface area is 119 Å². The maximum absolute atomic E-state index is 5.42. The summed E-state index contributed by atoms with van der Waals surface area (Å²) in [5.74, 6) is 1.87. The zero-order valence-electron chi connectivity index (χ0n) is 12.3. The first-order chi connectivity index (χ1) is 9.72. The highest BCUT2D eigenvalue weighted by atomic mass is 16.5. The lowest BCUT2D eigenvalue weighted by molar-refractivity contribution is 0.0683. The molecule has 1 aliphatic carbocycles. The molecule has 7 nitrogen and oxygen atoms in total. The molecule has 1 saturated carbocycles. The minimum Gasteiger partial charge on any atom is -0.371 e. The fraction of sp³-hybridized carbons (Fsp3) is 0.769. The van der Waals surface area contributed by atoms with Gasteiger partial charge in [-0.3, -0.25) is 0 Å². The summed E-state index contributed by atoms with van der Waals surface area (Å²) in [7, 11) is 0. The number of hydrogen-bond donors (Lipinski definition) is 2. The molecule has 0 spiro atoms. The summed E-state index contributed by atoms with van der Waals surface area (Å²) in [6.07, 6.45) is 2.27. The topological polar surface area (TPSA) is 84.6 Å². The van der Waals surface area contributed by atoms with E-state index in [1.807, 2.05) is 20.8 Å². The van der Waals surface area contributed by atoms with Gasteiger partial charge in [-0.05, 0) is 33.6 Å². The van der Waals surface area contributed by atoms with Gasteiger partial charge in [-0.1, -0.05) is 5.16 Å². The number of guanidine groups is 1. The van der Waals surface area contributed by atoms with E-state index in [0.29, 0.717) is 30.9 Å². The summed E-state index contributed by atoms with van der Waals surface area (Å²) < 4.78 is 10.6.